The van der Waals surface area contributed by atoms with Crippen LogP contribution >= 0.6 is 0 Å². The largest absolute Gasteiger partial charge is 0.350 e. The Morgan fingerprint density at radius 3 is 2.48 bits per heavy atom. The van der Waals surface area contributed by atoms with E-state index in [1.165, 1.54) is 16.5 Å². The zero-order valence-electron chi connectivity index (χ0n) is 19.6. The molecule has 0 saturated carbocycles. The summed E-state index contributed by atoms with van der Waals surface area (Å²) >= 11 is 0. The molecule has 1 aliphatic heterocycles. The summed E-state index contributed by atoms with van der Waals surface area (Å²) in [5, 5.41) is 1.34. The zero-order chi connectivity index (χ0) is 22.9. The van der Waals surface area contributed by atoms with Crippen molar-refractivity contribution in [3.63, 3.8) is 0 Å². The average Bonchev–Trinajstić information content (AvgIpc) is 3.42. The molecular weight excluding hydrogens is 410 g/mol. The lowest BCUT2D eigenvalue weighted by molar-refractivity contribution is 0.0823. The molecule has 0 atom stereocenters. The molecule has 1 amide bonds. The highest BCUT2D eigenvalue weighted by molar-refractivity contribution is 5.98. The fourth-order valence-electron chi connectivity index (χ4n) is 4.93. The standard InChI is InChI=1S/C27H31N5O/c1-30(2)27(33)25-24(19-9-5-4-6-10-19)28-26(29-25)20-13-15-32(16-14-20)18-21-17-31(3)23-12-8-7-11-22(21)23/h4-12,17,20H,13-16,18H2,1-3H3,(H,28,29). The molecule has 5 rings (SSSR count). The Bertz CT molecular complexity index is 1260. The van der Waals surface area contributed by atoms with Gasteiger partial charge >= 0.3 is 0 Å². The van der Waals surface area contributed by atoms with E-state index in [9.17, 15) is 4.79 Å². The van der Waals surface area contributed by atoms with Gasteiger partial charge in [0, 0.05) is 56.3 Å². The van der Waals surface area contributed by atoms with Gasteiger partial charge in [0.05, 0.1) is 0 Å². The number of para-hydroxylation sites is 1. The van der Waals surface area contributed by atoms with Crippen molar-refractivity contribution in [3.8, 4) is 11.3 Å². The van der Waals surface area contributed by atoms with E-state index in [1.54, 1.807) is 19.0 Å². The first-order valence-electron chi connectivity index (χ1n) is 11.6. The van der Waals surface area contributed by atoms with Crippen molar-refractivity contribution in [2.24, 2.45) is 7.05 Å². The summed E-state index contributed by atoms with van der Waals surface area (Å²) in [7, 11) is 5.68. The molecule has 33 heavy (non-hydrogen) atoms. The molecule has 3 heterocycles. The number of nitrogens with zero attached hydrogens (tertiary/aromatic N) is 4. The molecule has 1 N–H and O–H groups in total. The van der Waals surface area contributed by atoms with Gasteiger partial charge in [0.1, 0.15) is 17.2 Å². The number of hydrogen-bond acceptors (Lipinski definition) is 3. The number of H-pyrrole nitrogens is 1. The Balaban J connectivity index is 1.33. The van der Waals surface area contributed by atoms with Gasteiger partial charge < -0.3 is 14.5 Å². The van der Waals surface area contributed by atoms with Gasteiger partial charge in [-0.3, -0.25) is 9.69 Å². The summed E-state index contributed by atoms with van der Waals surface area (Å²) < 4.78 is 2.22. The van der Waals surface area contributed by atoms with Crippen molar-refractivity contribution in [2.75, 3.05) is 27.2 Å². The minimum absolute atomic E-state index is 0.0407. The third-order valence-electron chi connectivity index (χ3n) is 6.74. The molecule has 0 aliphatic carbocycles. The first-order valence-corrected chi connectivity index (χ1v) is 11.6. The highest BCUT2D eigenvalue weighted by atomic mass is 16.2. The fourth-order valence-corrected chi connectivity index (χ4v) is 4.93. The number of nitrogens with one attached hydrogen (secondary N) is 1. The molecule has 170 valence electrons. The minimum atomic E-state index is -0.0407. The van der Waals surface area contributed by atoms with Gasteiger partial charge in [0.2, 0.25) is 0 Å². The molecule has 1 aliphatic rings. The lowest BCUT2D eigenvalue weighted by Crippen LogP contribution is -2.32. The molecule has 2 aromatic heterocycles. The second-order valence-corrected chi connectivity index (χ2v) is 9.24. The van der Waals surface area contributed by atoms with Crippen LogP contribution in [-0.2, 0) is 13.6 Å². The quantitative estimate of drug-likeness (QED) is 0.490. The smallest absolute Gasteiger partial charge is 0.272 e. The summed E-state index contributed by atoms with van der Waals surface area (Å²) in [4.78, 5) is 25.3. The number of benzene rings is 2. The Hall–Kier alpha value is -3.38. The van der Waals surface area contributed by atoms with E-state index in [2.05, 4.69) is 52.0 Å². The molecule has 6 heteroatoms. The molecule has 0 spiro atoms. The van der Waals surface area contributed by atoms with Gasteiger partial charge in [-0.1, -0.05) is 48.5 Å². The maximum absolute atomic E-state index is 12.8. The first-order chi connectivity index (χ1) is 16.0. The summed E-state index contributed by atoms with van der Waals surface area (Å²) in [6.07, 6.45) is 4.32. The number of aromatic nitrogens is 3. The number of carbonyl (C=O) groups excluding carboxylic acids is 1. The van der Waals surface area contributed by atoms with E-state index in [-0.39, 0.29) is 5.91 Å². The SMILES string of the molecule is CN(C)C(=O)c1[nH]c(C2CCN(Cc3cn(C)c4ccccc34)CC2)nc1-c1ccccc1. The number of piperidine rings is 1. The van der Waals surface area contributed by atoms with Crippen molar-refractivity contribution in [2.45, 2.75) is 25.3 Å². The topological polar surface area (TPSA) is 57.2 Å². The first kappa shape index (κ1) is 21.5. The van der Waals surface area contributed by atoms with Crippen LogP contribution in [0.15, 0.2) is 60.8 Å². The second kappa shape index (κ2) is 8.87. The summed E-state index contributed by atoms with van der Waals surface area (Å²) in [5.41, 5.74) is 4.97. The van der Waals surface area contributed by atoms with E-state index >= 15 is 0 Å². The van der Waals surface area contributed by atoms with Crippen molar-refractivity contribution in [1.29, 1.82) is 0 Å². The van der Waals surface area contributed by atoms with Crippen LogP contribution in [0.1, 0.15) is 40.6 Å². The predicted molar refractivity (Wildman–Crippen MR) is 132 cm³/mol. The molecule has 0 radical (unpaired) electrons. The number of fused-ring (bicyclic) bond motifs is 1. The van der Waals surface area contributed by atoms with Crippen LogP contribution < -0.4 is 0 Å². The van der Waals surface area contributed by atoms with Crippen LogP contribution in [0.2, 0.25) is 0 Å². The van der Waals surface area contributed by atoms with Crippen molar-refractivity contribution < 1.29 is 4.79 Å². The van der Waals surface area contributed by atoms with Crippen LogP contribution in [0.3, 0.4) is 0 Å². The molecule has 4 aromatic rings. The average molecular weight is 442 g/mol. The molecule has 1 saturated heterocycles. The van der Waals surface area contributed by atoms with E-state index in [0.717, 1.165) is 49.6 Å². The van der Waals surface area contributed by atoms with Gasteiger partial charge in [-0.15, -0.1) is 0 Å². The van der Waals surface area contributed by atoms with Crippen LogP contribution in [-0.4, -0.2) is 57.4 Å². The molecule has 1 fully saturated rings. The van der Waals surface area contributed by atoms with E-state index < -0.39 is 0 Å². The molecule has 0 unspecified atom stereocenters. The molecular formula is C27H31N5O. The lowest BCUT2D eigenvalue weighted by atomic mass is 9.96. The van der Waals surface area contributed by atoms with E-state index in [0.29, 0.717) is 11.6 Å². The van der Waals surface area contributed by atoms with Crippen LogP contribution in [0.4, 0.5) is 0 Å². The summed E-state index contributed by atoms with van der Waals surface area (Å²) in [6.45, 7) is 3.00. The van der Waals surface area contributed by atoms with Crippen molar-refractivity contribution in [1.82, 2.24) is 24.3 Å². The van der Waals surface area contributed by atoms with E-state index in [4.69, 9.17) is 4.98 Å². The van der Waals surface area contributed by atoms with Crippen molar-refractivity contribution in [3.05, 3.63) is 77.9 Å². The van der Waals surface area contributed by atoms with Gasteiger partial charge in [-0.25, -0.2) is 4.98 Å². The van der Waals surface area contributed by atoms with Gasteiger partial charge in [-0.05, 0) is 37.6 Å². The van der Waals surface area contributed by atoms with Crippen LogP contribution in [0.5, 0.6) is 0 Å². The summed E-state index contributed by atoms with van der Waals surface area (Å²) in [6, 6.07) is 18.6. The normalized spacial score (nSPS) is 15.2. The number of likely N-dealkylation sites (tertiary alicyclic amines) is 1. The molecule has 0 bridgehead atoms. The number of hydrogen-bond donors (Lipinski definition) is 1. The maximum Gasteiger partial charge on any atom is 0.272 e. The third-order valence-corrected chi connectivity index (χ3v) is 6.74. The van der Waals surface area contributed by atoms with Gasteiger partial charge in [0.25, 0.3) is 5.91 Å². The summed E-state index contributed by atoms with van der Waals surface area (Å²) in [5.74, 6) is 1.23. The third kappa shape index (κ3) is 4.18. The lowest BCUT2D eigenvalue weighted by Gasteiger charge is -2.31. The van der Waals surface area contributed by atoms with Gasteiger partial charge in [0.15, 0.2) is 0 Å². The Morgan fingerprint density at radius 1 is 1.06 bits per heavy atom. The van der Waals surface area contributed by atoms with Gasteiger partial charge in [-0.2, -0.15) is 0 Å². The Kier molecular flexibility index (Phi) is 5.77. The predicted octanol–water partition coefficient (Wildman–Crippen LogP) is 4.65. The number of aryl methyl sites for hydroxylation is 1. The second-order valence-electron chi connectivity index (χ2n) is 9.24. The number of imidazole rings is 1. The zero-order valence-corrected chi connectivity index (χ0v) is 19.6. The number of aromatic amines is 1. The molecule has 6 nitrogen and oxygen atoms in total. The van der Waals surface area contributed by atoms with Crippen LogP contribution in [0, 0.1) is 0 Å². The number of amides is 1. The molecule has 2 aromatic carbocycles. The Morgan fingerprint density at radius 2 is 1.76 bits per heavy atom. The fraction of sp³-hybridized carbons (Fsp3) is 0.333. The monoisotopic (exact) mass is 441 g/mol. The van der Waals surface area contributed by atoms with Crippen LogP contribution in [0.25, 0.3) is 22.2 Å². The number of rotatable bonds is 5. The van der Waals surface area contributed by atoms with Crippen molar-refractivity contribution >= 4 is 16.8 Å². The minimum Gasteiger partial charge on any atom is -0.350 e. The highest BCUT2D eigenvalue weighted by Gasteiger charge is 2.27. The maximum atomic E-state index is 12.8. The number of carbonyl (C=O) groups is 1. The highest BCUT2D eigenvalue weighted by Crippen LogP contribution is 2.32. The van der Waals surface area contributed by atoms with E-state index in [1.807, 2.05) is 30.3 Å². The Labute approximate surface area is 194 Å².